The highest BCUT2D eigenvalue weighted by molar-refractivity contribution is 7.11. The van der Waals surface area contributed by atoms with Crippen molar-refractivity contribution in [3.05, 3.63) is 34.2 Å². The van der Waals surface area contributed by atoms with E-state index in [1.807, 2.05) is 13.1 Å². The zero-order valence-electron chi connectivity index (χ0n) is 9.56. The number of rotatable bonds is 3. The van der Waals surface area contributed by atoms with Crippen molar-refractivity contribution in [2.45, 2.75) is 26.8 Å². The third kappa shape index (κ3) is 2.36. The summed E-state index contributed by atoms with van der Waals surface area (Å²) >= 11 is 1.70. The molecule has 1 unspecified atom stereocenters. The summed E-state index contributed by atoms with van der Waals surface area (Å²) in [5, 5.41) is 4.39. The molecule has 2 rings (SSSR count). The molecule has 0 radical (unpaired) electrons. The summed E-state index contributed by atoms with van der Waals surface area (Å²) in [5.41, 5.74) is 0.905. The first-order valence-electron chi connectivity index (χ1n) is 5.13. The van der Waals surface area contributed by atoms with E-state index in [-0.39, 0.29) is 6.04 Å². The van der Waals surface area contributed by atoms with E-state index in [1.165, 1.54) is 4.88 Å². The maximum absolute atomic E-state index is 4.35. The van der Waals surface area contributed by atoms with Gasteiger partial charge in [-0.25, -0.2) is 9.97 Å². The number of hydrogen-bond acceptors (Lipinski definition) is 5. The molecule has 16 heavy (non-hydrogen) atoms. The molecule has 4 nitrogen and oxygen atoms in total. The molecule has 2 aromatic heterocycles. The molecule has 1 N–H and O–H groups in total. The first-order chi connectivity index (χ1) is 7.66. The highest BCUT2D eigenvalue weighted by Crippen LogP contribution is 2.22. The van der Waals surface area contributed by atoms with Gasteiger partial charge in [0.05, 0.1) is 11.7 Å². The van der Waals surface area contributed by atoms with Gasteiger partial charge in [-0.05, 0) is 20.8 Å². The van der Waals surface area contributed by atoms with Crippen LogP contribution in [-0.2, 0) is 0 Å². The molecule has 0 aliphatic carbocycles. The SMILES string of the molecule is Cc1cnc(C(C)Nc2nccnc2C)s1. The normalized spacial score (nSPS) is 12.4. The van der Waals surface area contributed by atoms with Crippen molar-refractivity contribution >= 4 is 17.2 Å². The number of aromatic nitrogens is 3. The molecule has 2 heterocycles. The highest BCUT2D eigenvalue weighted by atomic mass is 32.1. The Bertz CT molecular complexity index is 480. The van der Waals surface area contributed by atoms with E-state index in [0.717, 1.165) is 16.5 Å². The van der Waals surface area contributed by atoms with Crippen LogP contribution in [0, 0.1) is 13.8 Å². The van der Waals surface area contributed by atoms with Crippen LogP contribution in [0.25, 0.3) is 0 Å². The van der Waals surface area contributed by atoms with Crippen LogP contribution in [0.3, 0.4) is 0 Å². The highest BCUT2D eigenvalue weighted by Gasteiger charge is 2.11. The van der Waals surface area contributed by atoms with Gasteiger partial charge in [0, 0.05) is 23.5 Å². The molecule has 0 saturated heterocycles. The minimum atomic E-state index is 0.161. The first kappa shape index (κ1) is 11.0. The van der Waals surface area contributed by atoms with Crippen molar-refractivity contribution in [3.8, 4) is 0 Å². The van der Waals surface area contributed by atoms with Gasteiger partial charge in [0.25, 0.3) is 0 Å². The molecule has 0 aromatic carbocycles. The molecular formula is C11H14N4S. The minimum Gasteiger partial charge on any atom is -0.360 e. The van der Waals surface area contributed by atoms with Crippen LogP contribution in [0.2, 0.25) is 0 Å². The van der Waals surface area contributed by atoms with Crippen molar-refractivity contribution in [1.82, 2.24) is 15.0 Å². The van der Waals surface area contributed by atoms with E-state index in [0.29, 0.717) is 0 Å². The summed E-state index contributed by atoms with van der Waals surface area (Å²) < 4.78 is 0. The van der Waals surface area contributed by atoms with Crippen LogP contribution in [0.15, 0.2) is 18.6 Å². The number of nitrogens with one attached hydrogen (secondary N) is 1. The lowest BCUT2D eigenvalue weighted by molar-refractivity contribution is 0.853. The zero-order valence-corrected chi connectivity index (χ0v) is 10.4. The van der Waals surface area contributed by atoms with Gasteiger partial charge < -0.3 is 5.32 Å². The molecule has 0 bridgehead atoms. The predicted molar refractivity (Wildman–Crippen MR) is 65.7 cm³/mol. The third-order valence-corrected chi connectivity index (χ3v) is 3.34. The topological polar surface area (TPSA) is 50.7 Å². The Balaban J connectivity index is 2.13. The van der Waals surface area contributed by atoms with Crippen LogP contribution >= 0.6 is 11.3 Å². The lowest BCUT2D eigenvalue weighted by Gasteiger charge is -2.12. The molecular weight excluding hydrogens is 220 g/mol. The molecule has 84 valence electrons. The first-order valence-corrected chi connectivity index (χ1v) is 5.95. The smallest absolute Gasteiger partial charge is 0.147 e. The quantitative estimate of drug-likeness (QED) is 0.887. The maximum Gasteiger partial charge on any atom is 0.147 e. The lowest BCUT2D eigenvalue weighted by Crippen LogP contribution is -2.09. The second kappa shape index (κ2) is 4.57. The molecule has 1 atom stereocenters. The summed E-state index contributed by atoms with van der Waals surface area (Å²) in [7, 11) is 0. The number of nitrogens with zero attached hydrogens (tertiary/aromatic N) is 3. The van der Waals surface area contributed by atoms with Gasteiger partial charge in [0.2, 0.25) is 0 Å². The van der Waals surface area contributed by atoms with Gasteiger partial charge in [0.1, 0.15) is 10.8 Å². The summed E-state index contributed by atoms with van der Waals surface area (Å²) in [6.45, 7) is 6.07. The van der Waals surface area contributed by atoms with Crippen molar-refractivity contribution in [1.29, 1.82) is 0 Å². The zero-order chi connectivity index (χ0) is 11.5. The van der Waals surface area contributed by atoms with E-state index in [2.05, 4.69) is 34.1 Å². The number of hydrogen-bond donors (Lipinski definition) is 1. The third-order valence-electron chi connectivity index (χ3n) is 2.24. The Hall–Kier alpha value is -1.49. The van der Waals surface area contributed by atoms with Crippen LogP contribution in [-0.4, -0.2) is 15.0 Å². The van der Waals surface area contributed by atoms with E-state index in [1.54, 1.807) is 23.7 Å². The molecule has 0 spiro atoms. The molecule has 5 heteroatoms. The molecule has 2 aromatic rings. The van der Waals surface area contributed by atoms with Gasteiger partial charge in [-0.1, -0.05) is 0 Å². The molecule has 0 amide bonds. The fraction of sp³-hybridized carbons (Fsp3) is 0.364. The molecule has 0 saturated carbocycles. The number of aryl methyl sites for hydroxylation is 2. The van der Waals surface area contributed by atoms with Gasteiger partial charge in [0.15, 0.2) is 0 Å². The monoisotopic (exact) mass is 234 g/mol. The van der Waals surface area contributed by atoms with Crippen molar-refractivity contribution in [3.63, 3.8) is 0 Å². The number of anilines is 1. The second-order valence-corrected chi connectivity index (χ2v) is 4.93. The Labute approximate surface area is 98.8 Å². The van der Waals surface area contributed by atoms with Crippen molar-refractivity contribution < 1.29 is 0 Å². The largest absolute Gasteiger partial charge is 0.360 e. The lowest BCUT2D eigenvalue weighted by atomic mass is 10.3. The molecule has 0 aliphatic rings. The fourth-order valence-electron chi connectivity index (χ4n) is 1.39. The number of thiazole rings is 1. The molecule has 0 fully saturated rings. The summed E-state index contributed by atoms with van der Waals surface area (Å²) in [6, 6.07) is 0.161. The Kier molecular flexibility index (Phi) is 3.14. The minimum absolute atomic E-state index is 0.161. The van der Waals surface area contributed by atoms with Gasteiger partial charge >= 0.3 is 0 Å². The van der Waals surface area contributed by atoms with E-state index < -0.39 is 0 Å². The van der Waals surface area contributed by atoms with E-state index in [4.69, 9.17) is 0 Å². The summed E-state index contributed by atoms with van der Waals surface area (Å²) in [4.78, 5) is 14.0. The van der Waals surface area contributed by atoms with Crippen LogP contribution in [0.4, 0.5) is 5.82 Å². The Morgan fingerprint density at radius 1 is 1.19 bits per heavy atom. The summed E-state index contributed by atoms with van der Waals surface area (Å²) in [5.74, 6) is 0.822. The average molecular weight is 234 g/mol. The average Bonchev–Trinajstić information content (AvgIpc) is 2.68. The van der Waals surface area contributed by atoms with Crippen molar-refractivity contribution in [2.24, 2.45) is 0 Å². The van der Waals surface area contributed by atoms with Crippen molar-refractivity contribution in [2.75, 3.05) is 5.32 Å². The van der Waals surface area contributed by atoms with Crippen LogP contribution < -0.4 is 5.32 Å². The van der Waals surface area contributed by atoms with Crippen LogP contribution in [0.5, 0.6) is 0 Å². The van der Waals surface area contributed by atoms with Gasteiger partial charge in [-0.3, -0.25) is 4.98 Å². The van der Waals surface area contributed by atoms with Crippen LogP contribution in [0.1, 0.15) is 28.5 Å². The van der Waals surface area contributed by atoms with Gasteiger partial charge in [-0.2, -0.15) is 0 Å². The predicted octanol–water partition coefficient (Wildman–Crippen LogP) is 2.72. The fourth-order valence-corrected chi connectivity index (χ4v) is 2.16. The summed E-state index contributed by atoms with van der Waals surface area (Å²) in [6.07, 6.45) is 5.27. The molecule has 0 aliphatic heterocycles. The standard InChI is InChI=1S/C11H14N4S/c1-7-6-14-11(16-7)9(3)15-10-8(2)12-4-5-13-10/h4-6,9H,1-3H3,(H,13,15). The van der Waals surface area contributed by atoms with Gasteiger partial charge in [-0.15, -0.1) is 11.3 Å². The maximum atomic E-state index is 4.35. The van der Waals surface area contributed by atoms with E-state index in [9.17, 15) is 0 Å². The van der Waals surface area contributed by atoms with E-state index >= 15 is 0 Å². The Morgan fingerprint density at radius 2 is 1.94 bits per heavy atom. The Morgan fingerprint density at radius 3 is 2.56 bits per heavy atom. The second-order valence-electron chi connectivity index (χ2n) is 3.67.